The minimum absolute atomic E-state index is 0.569. The van der Waals surface area contributed by atoms with E-state index in [1.807, 2.05) is 19.1 Å². The molecular weight excluding hydrogens is 166 g/mol. The Morgan fingerprint density at radius 3 is 2.85 bits per heavy atom. The lowest BCUT2D eigenvalue weighted by Gasteiger charge is -1.84. The molecule has 2 aromatic heterocycles. The Kier molecular flexibility index (Phi) is 1.93. The van der Waals surface area contributed by atoms with Gasteiger partial charge < -0.3 is 8.83 Å². The molecule has 0 radical (unpaired) electrons. The van der Waals surface area contributed by atoms with E-state index in [9.17, 15) is 0 Å². The van der Waals surface area contributed by atoms with Gasteiger partial charge in [-0.2, -0.15) is 0 Å². The van der Waals surface area contributed by atoms with Crippen molar-refractivity contribution in [3.63, 3.8) is 0 Å². The molecule has 2 rings (SSSR count). The van der Waals surface area contributed by atoms with Gasteiger partial charge in [0.2, 0.25) is 0 Å². The zero-order valence-electron chi connectivity index (χ0n) is 7.70. The minimum Gasteiger partial charge on any atom is -0.459 e. The van der Waals surface area contributed by atoms with Crippen molar-refractivity contribution in [2.75, 3.05) is 0 Å². The molecule has 0 bridgehead atoms. The van der Waals surface area contributed by atoms with Crippen LogP contribution in [0.1, 0.15) is 18.4 Å². The highest BCUT2D eigenvalue weighted by atomic mass is 16.4. The quantitative estimate of drug-likeness (QED) is 0.708. The molecule has 0 aliphatic heterocycles. The van der Waals surface area contributed by atoms with Crippen molar-refractivity contribution in [1.82, 2.24) is 4.98 Å². The van der Waals surface area contributed by atoms with Gasteiger partial charge in [-0.3, -0.25) is 0 Å². The van der Waals surface area contributed by atoms with Crippen LogP contribution in [0.15, 0.2) is 27.2 Å². The second-order valence-electron chi connectivity index (χ2n) is 2.85. The van der Waals surface area contributed by atoms with Gasteiger partial charge in [-0.1, -0.05) is 6.92 Å². The maximum Gasteiger partial charge on any atom is 0.263 e. The van der Waals surface area contributed by atoms with Gasteiger partial charge in [-0.15, -0.1) is 0 Å². The minimum atomic E-state index is 0.569. The molecule has 2 aromatic rings. The number of rotatable bonds is 2. The molecule has 0 aliphatic rings. The van der Waals surface area contributed by atoms with Crippen molar-refractivity contribution in [2.45, 2.75) is 20.3 Å². The van der Waals surface area contributed by atoms with Crippen LogP contribution in [0.25, 0.3) is 11.7 Å². The van der Waals surface area contributed by atoms with Crippen molar-refractivity contribution >= 4 is 0 Å². The van der Waals surface area contributed by atoms with E-state index in [2.05, 4.69) is 11.9 Å². The van der Waals surface area contributed by atoms with Crippen molar-refractivity contribution in [3.05, 3.63) is 29.9 Å². The van der Waals surface area contributed by atoms with E-state index < -0.39 is 0 Å². The number of nitrogens with zero attached hydrogens (tertiary/aromatic N) is 1. The van der Waals surface area contributed by atoms with Crippen molar-refractivity contribution < 1.29 is 8.83 Å². The third-order valence-corrected chi connectivity index (χ3v) is 1.96. The van der Waals surface area contributed by atoms with Gasteiger partial charge in [0.1, 0.15) is 5.76 Å². The largest absolute Gasteiger partial charge is 0.459 e. The van der Waals surface area contributed by atoms with Gasteiger partial charge >= 0.3 is 0 Å². The van der Waals surface area contributed by atoms with Crippen molar-refractivity contribution in [3.8, 4) is 11.7 Å². The number of aryl methyl sites for hydroxylation is 2. The third-order valence-electron chi connectivity index (χ3n) is 1.96. The van der Waals surface area contributed by atoms with Gasteiger partial charge in [0.05, 0.1) is 12.0 Å². The van der Waals surface area contributed by atoms with Crippen LogP contribution >= 0.6 is 0 Å². The summed E-state index contributed by atoms with van der Waals surface area (Å²) in [6.45, 7) is 3.97. The Morgan fingerprint density at radius 2 is 2.31 bits per heavy atom. The Balaban J connectivity index is 2.43. The standard InChI is InChI=1S/C10H11NO2/c1-3-8-7(2)13-10(11-8)9-5-4-6-12-9/h4-6H,3H2,1-2H3. The maximum absolute atomic E-state index is 5.45. The number of hydrogen-bond donors (Lipinski definition) is 0. The molecule has 3 heteroatoms. The highest BCUT2D eigenvalue weighted by Gasteiger charge is 2.11. The van der Waals surface area contributed by atoms with E-state index in [1.165, 1.54) is 0 Å². The Morgan fingerprint density at radius 1 is 1.46 bits per heavy atom. The second-order valence-corrected chi connectivity index (χ2v) is 2.85. The molecule has 3 nitrogen and oxygen atoms in total. The molecular formula is C10H11NO2. The highest BCUT2D eigenvalue weighted by Crippen LogP contribution is 2.21. The highest BCUT2D eigenvalue weighted by molar-refractivity contribution is 5.44. The molecule has 0 unspecified atom stereocenters. The first-order chi connectivity index (χ1) is 6.31. The summed E-state index contributed by atoms with van der Waals surface area (Å²) >= 11 is 0. The second kappa shape index (κ2) is 3.09. The van der Waals surface area contributed by atoms with Gasteiger partial charge in [0.25, 0.3) is 5.89 Å². The normalized spacial score (nSPS) is 10.6. The number of hydrogen-bond acceptors (Lipinski definition) is 3. The summed E-state index contributed by atoms with van der Waals surface area (Å²) in [4.78, 5) is 4.31. The van der Waals surface area contributed by atoms with Gasteiger partial charge in [0.15, 0.2) is 5.76 Å². The van der Waals surface area contributed by atoms with Gasteiger partial charge in [0, 0.05) is 0 Å². The van der Waals surface area contributed by atoms with Crippen LogP contribution in [-0.4, -0.2) is 4.98 Å². The lowest BCUT2D eigenvalue weighted by atomic mass is 10.3. The molecule has 0 fully saturated rings. The molecule has 0 atom stereocenters. The SMILES string of the molecule is CCc1nc(-c2ccco2)oc1C. The lowest BCUT2D eigenvalue weighted by Crippen LogP contribution is -1.81. The summed E-state index contributed by atoms with van der Waals surface area (Å²) in [7, 11) is 0. The summed E-state index contributed by atoms with van der Waals surface area (Å²) < 4.78 is 10.6. The van der Waals surface area contributed by atoms with Gasteiger partial charge in [-0.25, -0.2) is 4.98 Å². The summed E-state index contributed by atoms with van der Waals surface area (Å²) in [5.74, 6) is 2.12. The number of oxazole rings is 1. The first-order valence-electron chi connectivity index (χ1n) is 4.31. The third kappa shape index (κ3) is 1.37. The molecule has 68 valence electrons. The van der Waals surface area contributed by atoms with E-state index in [-0.39, 0.29) is 0 Å². The van der Waals surface area contributed by atoms with E-state index in [0.29, 0.717) is 11.7 Å². The van der Waals surface area contributed by atoms with Crippen LogP contribution < -0.4 is 0 Å². The van der Waals surface area contributed by atoms with E-state index in [4.69, 9.17) is 8.83 Å². The smallest absolute Gasteiger partial charge is 0.263 e. The zero-order valence-corrected chi connectivity index (χ0v) is 7.70. The van der Waals surface area contributed by atoms with Gasteiger partial charge in [-0.05, 0) is 25.5 Å². The fourth-order valence-corrected chi connectivity index (χ4v) is 1.26. The van der Waals surface area contributed by atoms with Crippen LogP contribution in [-0.2, 0) is 6.42 Å². The first-order valence-corrected chi connectivity index (χ1v) is 4.31. The van der Waals surface area contributed by atoms with E-state index >= 15 is 0 Å². The predicted octanol–water partition coefficient (Wildman–Crippen LogP) is 2.81. The van der Waals surface area contributed by atoms with Crippen LogP contribution in [0, 0.1) is 6.92 Å². The van der Waals surface area contributed by atoms with Crippen LogP contribution in [0.5, 0.6) is 0 Å². The lowest BCUT2D eigenvalue weighted by molar-refractivity contribution is 0.500. The molecule has 0 saturated heterocycles. The van der Waals surface area contributed by atoms with Crippen molar-refractivity contribution in [2.24, 2.45) is 0 Å². The number of furan rings is 1. The summed E-state index contributed by atoms with van der Waals surface area (Å²) in [5, 5.41) is 0. The topological polar surface area (TPSA) is 39.2 Å². The molecule has 0 N–H and O–H groups in total. The fraction of sp³-hybridized carbons (Fsp3) is 0.300. The molecule has 0 aromatic carbocycles. The molecule has 0 spiro atoms. The zero-order chi connectivity index (χ0) is 9.26. The molecule has 0 amide bonds. The molecule has 13 heavy (non-hydrogen) atoms. The molecule has 2 heterocycles. The van der Waals surface area contributed by atoms with Crippen LogP contribution in [0.3, 0.4) is 0 Å². The monoisotopic (exact) mass is 177 g/mol. The summed E-state index contributed by atoms with van der Waals surface area (Å²) in [6.07, 6.45) is 2.50. The summed E-state index contributed by atoms with van der Waals surface area (Å²) in [5.41, 5.74) is 0.992. The van der Waals surface area contributed by atoms with E-state index in [1.54, 1.807) is 6.26 Å². The molecule has 0 saturated carbocycles. The average molecular weight is 177 g/mol. The van der Waals surface area contributed by atoms with Crippen LogP contribution in [0.2, 0.25) is 0 Å². The number of aromatic nitrogens is 1. The van der Waals surface area contributed by atoms with Crippen molar-refractivity contribution in [1.29, 1.82) is 0 Å². The summed E-state index contributed by atoms with van der Waals surface area (Å²) in [6, 6.07) is 3.66. The predicted molar refractivity (Wildman–Crippen MR) is 48.3 cm³/mol. The Labute approximate surface area is 76.4 Å². The first kappa shape index (κ1) is 8.10. The Bertz CT molecular complexity index is 387. The fourth-order valence-electron chi connectivity index (χ4n) is 1.26. The maximum atomic E-state index is 5.45. The molecule has 0 aliphatic carbocycles. The van der Waals surface area contributed by atoms with E-state index in [0.717, 1.165) is 17.9 Å². The van der Waals surface area contributed by atoms with Crippen LogP contribution in [0.4, 0.5) is 0 Å². The Hall–Kier alpha value is -1.51. The average Bonchev–Trinajstić information content (AvgIpc) is 2.71.